The van der Waals surface area contributed by atoms with E-state index in [0.29, 0.717) is 11.5 Å². The molecule has 0 bridgehead atoms. The summed E-state index contributed by atoms with van der Waals surface area (Å²) in [5.41, 5.74) is 0.833. The van der Waals surface area contributed by atoms with Crippen molar-refractivity contribution in [1.82, 2.24) is 14.0 Å². The Morgan fingerprint density at radius 2 is 1.30 bits per heavy atom. The normalized spacial score (nSPS) is 11.9. The molecule has 0 saturated carbocycles. The van der Waals surface area contributed by atoms with Crippen LogP contribution in [0.3, 0.4) is 0 Å². The molecular weight excluding hydrogens is 363 g/mol. The van der Waals surface area contributed by atoms with E-state index >= 15 is 0 Å². The second kappa shape index (κ2) is 9.35. The van der Waals surface area contributed by atoms with Crippen LogP contribution < -0.4 is 9.62 Å². The van der Waals surface area contributed by atoms with E-state index in [1.807, 2.05) is 112 Å². The van der Waals surface area contributed by atoms with Crippen LogP contribution in [-0.4, -0.2) is 56.3 Å². The molecule has 0 atom stereocenters. The number of nitrogens with zero attached hydrogens (tertiary/aromatic N) is 4. The van der Waals surface area contributed by atoms with Crippen LogP contribution in [0.4, 0.5) is 0 Å². The maximum atomic E-state index is 5.93. The van der Waals surface area contributed by atoms with Crippen LogP contribution in [0.1, 0.15) is 5.56 Å². The standard InChI is InChI=1S/C19H29N4O3P/c1-16-18(24-17-12-9-8-10-13-17)14-11-15-19(16)25-26-20-27(21(2)3,22(4)5)23(6)7/h8-15H,1-7H3. The Balaban J connectivity index is 2.21. The molecule has 27 heavy (non-hydrogen) atoms. The van der Waals surface area contributed by atoms with Crippen LogP contribution in [-0.2, 0) is 4.99 Å². The number of hydrogen-bond donors (Lipinski definition) is 0. The van der Waals surface area contributed by atoms with Gasteiger partial charge in [-0.2, -0.15) is 0 Å². The van der Waals surface area contributed by atoms with Gasteiger partial charge in [0.05, 0.1) is 0 Å². The summed E-state index contributed by atoms with van der Waals surface area (Å²) in [5.74, 6) is 2.03. The third-order valence-corrected chi connectivity index (χ3v) is 7.59. The van der Waals surface area contributed by atoms with Crippen molar-refractivity contribution in [2.45, 2.75) is 6.92 Å². The Morgan fingerprint density at radius 3 is 1.85 bits per heavy atom. The average Bonchev–Trinajstić information content (AvgIpc) is 2.61. The van der Waals surface area contributed by atoms with Crippen LogP contribution in [0.5, 0.6) is 17.2 Å². The minimum Gasteiger partial charge on any atom is -0.457 e. The molecule has 0 aliphatic heterocycles. The SMILES string of the molecule is Cc1c(OON=P(N(C)C)(N(C)C)N(C)C)cccc1Oc1ccccc1. The molecule has 2 aromatic carbocycles. The zero-order valence-corrected chi connectivity index (χ0v) is 18.0. The Labute approximate surface area is 162 Å². The summed E-state index contributed by atoms with van der Waals surface area (Å²) in [7, 11) is 9.65. The number of para-hydroxylation sites is 1. The van der Waals surface area contributed by atoms with Crippen LogP contribution in [0, 0.1) is 6.92 Å². The van der Waals surface area contributed by atoms with Gasteiger partial charge in [-0.25, -0.2) is 0 Å². The van der Waals surface area contributed by atoms with Crippen molar-refractivity contribution < 1.29 is 14.6 Å². The van der Waals surface area contributed by atoms with Gasteiger partial charge in [0.25, 0.3) is 0 Å². The quantitative estimate of drug-likeness (QED) is 0.370. The summed E-state index contributed by atoms with van der Waals surface area (Å²) in [6.45, 7) is 1.92. The van der Waals surface area contributed by atoms with Gasteiger partial charge in [-0.1, -0.05) is 29.2 Å². The van der Waals surface area contributed by atoms with Crippen LogP contribution in [0.2, 0.25) is 0 Å². The van der Waals surface area contributed by atoms with Crippen LogP contribution in [0.15, 0.2) is 53.4 Å². The van der Waals surface area contributed by atoms with E-state index < -0.39 is 7.51 Å². The van der Waals surface area contributed by atoms with E-state index in [1.165, 1.54) is 0 Å². The lowest BCUT2D eigenvalue weighted by atomic mass is 10.2. The van der Waals surface area contributed by atoms with Crippen molar-refractivity contribution in [3.63, 3.8) is 0 Å². The van der Waals surface area contributed by atoms with Crippen LogP contribution in [0.25, 0.3) is 0 Å². The van der Waals surface area contributed by atoms with E-state index in [2.05, 4.69) is 4.91 Å². The fourth-order valence-corrected chi connectivity index (χ4v) is 5.51. The molecule has 0 spiro atoms. The predicted molar refractivity (Wildman–Crippen MR) is 110 cm³/mol. The summed E-state index contributed by atoms with van der Waals surface area (Å²) in [6, 6.07) is 15.2. The average molecular weight is 392 g/mol. The van der Waals surface area contributed by atoms with Gasteiger partial charge in [0.2, 0.25) is 7.51 Å². The van der Waals surface area contributed by atoms with Gasteiger partial charge < -0.3 is 9.62 Å². The minimum atomic E-state index is -2.18. The summed E-state index contributed by atoms with van der Waals surface area (Å²) in [5, 5.41) is 0. The minimum absolute atomic E-state index is 0.557. The zero-order valence-electron chi connectivity index (χ0n) is 17.1. The largest absolute Gasteiger partial charge is 0.457 e. The molecule has 0 unspecified atom stereocenters. The lowest BCUT2D eigenvalue weighted by Crippen LogP contribution is -2.30. The van der Waals surface area contributed by atoms with E-state index in [-0.39, 0.29) is 0 Å². The molecule has 0 aromatic heterocycles. The van der Waals surface area contributed by atoms with E-state index in [0.717, 1.165) is 11.3 Å². The van der Waals surface area contributed by atoms with Gasteiger partial charge in [0.1, 0.15) is 11.5 Å². The maximum absolute atomic E-state index is 5.93. The second-order valence-electron chi connectivity index (χ2n) is 6.61. The molecule has 8 heteroatoms. The van der Waals surface area contributed by atoms with E-state index in [9.17, 15) is 0 Å². The zero-order chi connectivity index (χ0) is 20.0. The molecule has 148 valence electrons. The molecule has 2 rings (SSSR count). The smallest absolute Gasteiger partial charge is 0.201 e. The Kier molecular flexibility index (Phi) is 7.41. The lowest BCUT2D eigenvalue weighted by molar-refractivity contribution is -0.206. The van der Waals surface area contributed by atoms with Gasteiger partial charge in [-0.3, -0.25) is 14.0 Å². The highest BCUT2D eigenvalue weighted by atomic mass is 31.2. The van der Waals surface area contributed by atoms with E-state index in [4.69, 9.17) is 14.6 Å². The molecule has 0 fully saturated rings. The van der Waals surface area contributed by atoms with Crippen molar-refractivity contribution in [3.8, 4) is 17.2 Å². The predicted octanol–water partition coefficient (Wildman–Crippen LogP) is 4.64. The third kappa shape index (κ3) is 4.89. The van der Waals surface area contributed by atoms with Crippen molar-refractivity contribution in [2.24, 2.45) is 4.91 Å². The lowest BCUT2D eigenvalue weighted by Gasteiger charge is -2.39. The number of ether oxygens (including phenoxy) is 1. The van der Waals surface area contributed by atoms with Crippen molar-refractivity contribution >= 4 is 7.51 Å². The number of hydrogen-bond acceptors (Lipinski definition) is 4. The molecule has 0 N–H and O–H groups in total. The van der Waals surface area contributed by atoms with Gasteiger partial charge in [0.15, 0.2) is 5.75 Å². The number of benzene rings is 2. The molecule has 0 radical (unpaired) electrons. The maximum Gasteiger partial charge on any atom is 0.201 e. The van der Waals surface area contributed by atoms with Crippen molar-refractivity contribution in [1.29, 1.82) is 0 Å². The first kappa shape index (κ1) is 21.4. The van der Waals surface area contributed by atoms with Crippen molar-refractivity contribution in [3.05, 3.63) is 54.1 Å². The van der Waals surface area contributed by atoms with Gasteiger partial charge in [-0.15, -0.1) is 0 Å². The first-order valence-electron chi connectivity index (χ1n) is 8.60. The second-order valence-corrected chi connectivity index (χ2v) is 10.2. The molecule has 0 aliphatic carbocycles. The molecule has 7 nitrogen and oxygen atoms in total. The fourth-order valence-electron chi connectivity index (χ4n) is 2.80. The van der Waals surface area contributed by atoms with Gasteiger partial charge >= 0.3 is 0 Å². The Hall–Kier alpha value is -1.89. The topological polar surface area (TPSA) is 49.8 Å². The Morgan fingerprint density at radius 1 is 0.741 bits per heavy atom. The summed E-state index contributed by atoms with van der Waals surface area (Å²) in [4.78, 5) is 15.3. The molecule has 2 aromatic rings. The summed E-state index contributed by atoms with van der Waals surface area (Å²) >= 11 is 0. The van der Waals surface area contributed by atoms with Crippen molar-refractivity contribution in [2.75, 3.05) is 42.3 Å². The van der Waals surface area contributed by atoms with E-state index in [1.54, 1.807) is 0 Å². The van der Waals surface area contributed by atoms with Crippen LogP contribution >= 0.6 is 7.51 Å². The molecule has 0 saturated heterocycles. The van der Waals surface area contributed by atoms with Gasteiger partial charge in [0, 0.05) is 5.56 Å². The molecule has 0 heterocycles. The first-order valence-corrected chi connectivity index (χ1v) is 10.2. The Bertz CT molecular complexity index is 766. The highest BCUT2D eigenvalue weighted by Crippen LogP contribution is 2.54. The first-order chi connectivity index (χ1) is 12.8. The summed E-state index contributed by atoms with van der Waals surface area (Å²) < 4.78 is 12.0. The molecule has 0 aliphatic rings. The fraction of sp³-hybridized carbons (Fsp3) is 0.368. The highest BCUT2D eigenvalue weighted by molar-refractivity contribution is 7.58. The molecular formula is C19H29N4O3P. The number of rotatable bonds is 8. The summed E-state index contributed by atoms with van der Waals surface area (Å²) in [6.07, 6.45) is 0. The highest BCUT2D eigenvalue weighted by Gasteiger charge is 2.29. The molecule has 0 amide bonds. The third-order valence-electron chi connectivity index (χ3n) is 4.09. The monoisotopic (exact) mass is 392 g/mol. The van der Waals surface area contributed by atoms with Gasteiger partial charge in [-0.05, 0) is 78.5 Å².